The average molecular weight is 387 g/mol. The molecule has 3 rings (SSSR count). The summed E-state index contributed by atoms with van der Waals surface area (Å²) in [5.41, 5.74) is 1.19. The molecule has 2 N–H and O–H groups in total. The van der Waals surface area contributed by atoms with Crippen LogP contribution in [0.5, 0.6) is 0 Å². The van der Waals surface area contributed by atoms with Crippen LogP contribution in [-0.4, -0.2) is 38.6 Å². The van der Waals surface area contributed by atoms with Crippen LogP contribution in [0.1, 0.15) is 20.9 Å². The summed E-state index contributed by atoms with van der Waals surface area (Å²) in [6.45, 7) is 0. The molecular formula is C18H17N3O5S. The van der Waals surface area contributed by atoms with Gasteiger partial charge in [-0.15, -0.1) is 0 Å². The van der Waals surface area contributed by atoms with Crippen LogP contribution in [0.25, 0.3) is 11.0 Å². The molecule has 2 amide bonds. The third-order valence-corrected chi connectivity index (χ3v) is 5.16. The average Bonchev–Trinajstić information content (AvgIpc) is 3.06. The number of carbonyl (C=O) groups excluding carboxylic acids is 2. The lowest BCUT2D eigenvalue weighted by Crippen LogP contribution is -2.39. The Labute approximate surface area is 156 Å². The zero-order valence-electron chi connectivity index (χ0n) is 14.6. The molecule has 0 radical (unpaired) electrons. The summed E-state index contributed by atoms with van der Waals surface area (Å²) in [5, 5.41) is 3.48. The number of nitrogens with zero attached hydrogens (tertiary/aromatic N) is 1. The number of para-hydroxylation sites is 1. The van der Waals surface area contributed by atoms with Gasteiger partial charge in [0.05, 0.1) is 0 Å². The van der Waals surface area contributed by atoms with Gasteiger partial charge in [0.1, 0.15) is 5.58 Å². The summed E-state index contributed by atoms with van der Waals surface area (Å²) in [5.74, 6) is -1.03. The van der Waals surface area contributed by atoms with E-state index in [2.05, 4.69) is 5.32 Å². The van der Waals surface area contributed by atoms with E-state index in [0.717, 1.165) is 9.69 Å². The number of rotatable bonds is 5. The van der Waals surface area contributed by atoms with Gasteiger partial charge in [-0.05, 0) is 36.4 Å². The van der Waals surface area contributed by atoms with E-state index >= 15 is 0 Å². The van der Waals surface area contributed by atoms with E-state index in [0.29, 0.717) is 11.3 Å². The molecule has 9 heteroatoms. The van der Waals surface area contributed by atoms with Gasteiger partial charge in [-0.25, -0.2) is 4.72 Å². The minimum atomic E-state index is -3.87. The lowest BCUT2D eigenvalue weighted by molar-refractivity contribution is 0.0977. The lowest BCUT2D eigenvalue weighted by atomic mass is 10.2. The molecule has 1 heterocycles. The van der Waals surface area contributed by atoms with Crippen LogP contribution >= 0.6 is 0 Å². The van der Waals surface area contributed by atoms with Gasteiger partial charge in [-0.2, -0.15) is 12.7 Å². The van der Waals surface area contributed by atoms with Gasteiger partial charge in [-0.1, -0.05) is 18.2 Å². The van der Waals surface area contributed by atoms with Crippen molar-refractivity contribution in [1.29, 1.82) is 0 Å². The zero-order chi connectivity index (χ0) is 19.6. The molecular weight excluding hydrogens is 370 g/mol. The van der Waals surface area contributed by atoms with Gasteiger partial charge < -0.3 is 9.73 Å². The Bertz CT molecular complexity index is 1070. The van der Waals surface area contributed by atoms with Crippen LogP contribution in [0.3, 0.4) is 0 Å². The van der Waals surface area contributed by atoms with E-state index in [1.54, 1.807) is 12.1 Å². The highest BCUT2D eigenvalue weighted by Gasteiger charge is 2.18. The maximum absolute atomic E-state index is 12.3. The van der Waals surface area contributed by atoms with E-state index in [-0.39, 0.29) is 11.3 Å². The molecule has 3 aromatic rings. The third kappa shape index (κ3) is 4.15. The maximum atomic E-state index is 12.3. The number of hydrogen-bond donors (Lipinski definition) is 2. The molecule has 0 bridgehead atoms. The minimum absolute atomic E-state index is 0.141. The van der Waals surface area contributed by atoms with Crippen molar-refractivity contribution in [3.05, 3.63) is 65.9 Å². The molecule has 27 heavy (non-hydrogen) atoms. The number of hydrogen-bond acceptors (Lipinski definition) is 5. The second-order valence-corrected chi connectivity index (χ2v) is 7.78. The first-order chi connectivity index (χ1) is 12.8. The molecule has 0 unspecified atom stereocenters. The number of amides is 2. The van der Waals surface area contributed by atoms with Gasteiger partial charge in [-0.3, -0.25) is 9.59 Å². The molecule has 0 spiro atoms. The number of fused-ring (bicyclic) bond motifs is 1. The fourth-order valence-corrected chi connectivity index (χ4v) is 2.79. The van der Waals surface area contributed by atoms with Crippen molar-refractivity contribution >= 4 is 38.7 Å². The number of benzene rings is 2. The Kier molecular flexibility index (Phi) is 4.98. The standard InChI is InChI=1S/C18H17N3O5S/c1-21(2)27(24,25)20-17(22)12-7-9-14(10-8-12)19-18(23)16-11-13-5-3-4-6-15(13)26-16/h3-11H,1-2H3,(H,19,23)(H,20,22). The maximum Gasteiger partial charge on any atom is 0.303 e. The molecule has 0 aliphatic rings. The van der Waals surface area contributed by atoms with Gasteiger partial charge >= 0.3 is 10.2 Å². The van der Waals surface area contributed by atoms with E-state index in [1.807, 2.05) is 22.9 Å². The second kappa shape index (κ2) is 7.22. The van der Waals surface area contributed by atoms with Crippen molar-refractivity contribution in [3.63, 3.8) is 0 Å². The zero-order valence-corrected chi connectivity index (χ0v) is 15.4. The predicted molar refractivity (Wildman–Crippen MR) is 101 cm³/mol. The largest absolute Gasteiger partial charge is 0.451 e. The van der Waals surface area contributed by atoms with E-state index in [9.17, 15) is 18.0 Å². The second-order valence-electron chi connectivity index (χ2n) is 5.90. The molecule has 140 valence electrons. The molecule has 0 saturated heterocycles. The molecule has 1 aromatic heterocycles. The number of anilines is 1. The first-order valence-corrected chi connectivity index (χ1v) is 9.35. The minimum Gasteiger partial charge on any atom is -0.451 e. The van der Waals surface area contributed by atoms with Crippen LogP contribution < -0.4 is 10.0 Å². The highest BCUT2D eigenvalue weighted by atomic mass is 32.2. The summed E-state index contributed by atoms with van der Waals surface area (Å²) in [6, 6.07) is 14.7. The van der Waals surface area contributed by atoms with E-state index in [4.69, 9.17) is 4.42 Å². The van der Waals surface area contributed by atoms with Crippen molar-refractivity contribution in [1.82, 2.24) is 9.03 Å². The van der Waals surface area contributed by atoms with E-state index < -0.39 is 22.0 Å². The van der Waals surface area contributed by atoms with Crippen molar-refractivity contribution in [2.24, 2.45) is 0 Å². The Morgan fingerprint density at radius 1 is 0.963 bits per heavy atom. The summed E-state index contributed by atoms with van der Waals surface area (Å²) in [4.78, 5) is 24.3. The predicted octanol–water partition coefficient (Wildman–Crippen LogP) is 2.22. The summed E-state index contributed by atoms with van der Waals surface area (Å²) in [7, 11) is -1.25. The Morgan fingerprint density at radius 3 is 2.26 bits per heavy atom. The molecule has 0 fully saturated rings. The van der Waals surface area contributed by atoms with Gasteiger partial charge in [0.25, 0.3) is 11.8 Å². The Hall–Kier alpha value is -3.17. The van der Waals surface area contributed by atoms with Crippen LogP contribution in [-0.2, 0) is 10.2 Å². The number of furan rings is 1. The Balaban J connectivity index is 1.70. The number of nitrogens with one attached hydrogen (secondary N) is 2. The van der Waals surface area contributed by atoms with Crippen molar-refractivity contribution in [2.75, 3.05) is 19.4 Å². The smallest absolute Gasteiger partial charge is 0.303 e. The van der Waals surface area contributed by atoms with Gasteiger partial charge in [0, 0.05) is 30.7 Å². The van der Waals surface area contributed by atoms with Gasteiger partial charge in [0.15, 0.2) is 5.76 Å². The highest BCUT2D eigenvalue weighted by Crippen LogP contribution is 2.20. The first-order valence-electron chi connectivity index (χ1n) is 7.91. The number of carbonyl (C=O) groups is 2. The molecule has 2 aromatic carbocycles. The van der Waals surface area contributed by atoms with Crippen LogP contribution in [0.2, 0.25) is 0 Å². The quantitative estimate of drug-likeness (QED) is 0.698. The van der Waals surface area contributed by atoms with Crippen LogP contribution in [0.15, 0.2) is 59.0 Å². The SMILES string of the molecule is CN(C)S(=O)(=O)NC(=O)c1ccc(NC(=O)c2cc3ccccc3o2)cc1. The lowest BCUT2D eigenvalue weighted by Gasteiger charge is -2.12. The fraction of sp³-hybridized carbons (Fsp3) is 0.111. The normalized spacial score (nSPS) is 11.5. The third-order valence-electron chi connectivity index (χ3n) is 3.76. The van der Waals surface area contributed by atoms with Crippen molar-refractivity contribution in [3.8, 4) is 0 Å². The van der Waals surface area contributed by atoms with Crippen molar-refractivity contribution < 1.29 is 22.4 Å². The van der Waals surface area contributed by atoms with Gasteiger partial charge in [0.2, 0.25) is 0 Å². The van der Waals surface area contributed by atoms with Crippen LogP contribution in [0.4, 0.5) is 5.69 Å². The van der Waals surface area contributed by atoms with Crippen LogP contribution in [0, 0.1) is 0 Å². The first kappa shape index (κ1) is 18.6. The topological polar surface area (TPSA) is 109 Å². The van der Waals surface area contributed by atoms with E-state index in [1.165, 1.54) is 38.4 Å². The Morgan fingerprint density at radius 2 is 1.63 bits per heavy atom. The molecule has 0 aliphatic heterocycles. The molecule has 8 nitrogen and oxygen atoms in total. The molecule has 0 atom stereocenters. The summed E-state index contributed by atoms with van der Waals surface area (Å²) < 4.78 is 31.7. The highest BCUT2D eigenvalue weighted by molar-refractivity contribution is 7.87. The molecule has 0 aliphatic carbocycles. The summed E-state index contributed by atoms with van der Waals surface area (Å²) in [6.07, 6.45) is 0. The molecule has 0 saturated carbocycles. The summed E-state index contributed by atoms with van der Waals surface area (Å²) >= 11 is 0. The fourth-order valence-electron chi connectivity index (χ4n) is 2.26. The monoisotopic (exact) mass is 387 g/mol. The van der Waals surface area contributed by atoms with Crippen molar-refractivity contribution in [2.45, 2.75) is 0 Å².